The summed E-state index contributed by atoms with van der Waals surface area (Å²) in [6, 6.07) is 59.4. The Balaban J connectivity index is 1.20. The fraction of sp³-hybridized carbons (Fsp3) is 0. The molecular formula is C46H28N2OS. The van der Waals surface area contributed by atoms with Gasteiger partial charge in [0.1, 0.15) is 11.2 Å². The van der Waals surface area contributed by atoms with Crippen LogP contribution in [0.3, 0.4) is 0 Å². The van der Waals surface area contributed by atoms with Crippen LogP contribution in [0.2, 0.25) is 0 Å². The van der Waals surface area contributed by atoms with Gasteiger partial charge in [-0.2, -0.15) is 0 Å². The normalized spacial score (nSPS) is 11.6. The molecule has 0 aliphatic heterocycles. The third-order valence-corrected chi connectivity index (χ3v) is 10.8. The van der Waals surface area contributed by atoms with Crippen molar-refractivity contribution in [1.29, 1.82) is 0 Å². The average molecular weight is 657 g/mol. The summed E-state index contributed by atoms with van der Waals surface area (Å²) < 4.78 is 9.31. The summed E-state index contributed by atoms with van der Waals surface area (Å²) in [5.41, 5.74) is 11.0. The number of para-hydroxylation sites is 1. The Morgan fingerprint density at radius 2 is 1.04 bits per heavy atom. The lowest BCUT2D eigenvalue weighted by Crippen LogP contribution is -1.96. The highest BCUT2D eigenvalue weighted by Crippen LogP contribution is 2.46. The van der Waals surface area contributed by atoms with E-state index in [4.69, 9.17) is 14.4 Å². The molecule has 3 aromatic heterocycles. The number of aromatic nitrogens is 2. The van der Waals surface area contributed by atoms with Gasteiger partial charge >= 0.3 is 0 Å². The van der Waals surface area contributed by atoms with Crippen molar-refractivity contribution >= 4 is 53.4 Å². The SMILES string of the molecule is c1ccc(-c2ccc(-c3nc(-c4ccccc4)cc(-c4ccc(-c5cccc6c5sc5ccccc56)c5oc6ccccc6c45)n3)cc2)cc1. The van der Waals surface area contributed by atoms with Crippen LogP contribution in [0, 0.1) is 0 Å². The van der Waals surface area contributed by atoms with Crippen LogP contribution in [0.5, 0.6) is 0 Å². The second-order valence-corrected chi connectivity index (χ2v) is 13.6. The van der Waals surface area contributed by atoms with E-state index in [-0.39, 0.29) is 0 Å². The fourth-order valence-electron chi connectivity index (χ4n) is 7.13. The molecule has 0 saturated carbocycles. The molecule has 234 valence electrons. The van der Waals surface area contributed by atoms with E-state index in [0.717, 1.165) is 61.1 Å². The predicted molar refractivity (Wildman–Crippen MR) is 209 cm³/mol. The number of fused-ring (bicyclic) bond motifs is 6. The Hall–Kier alpha value is -6.36. The Bertz CT molecular complexity index is 2850. The van der Waals surface area contributed by atoms with Gasteiger partial charge in [0.15, 0.2) is 5.82 Å². The molecule has 50 heavy (non-hydrogen) atoms. The first-order valence-corrected chi connectivity index (χ1v) is 17.6. The fourth-order valence-corrected chi connectivity index (χ4v) is 8.36. The summed E-state index contributed by atoms with van der Waals surface area (Å²) >= 11 is 1.84. The number of rotatable bonds is 5. The molecule has 0 saturated heterocycles. The van der Waals surface area contributed by atoms with Crippen molar-refractivity contribution in [2.24, 2.45) is 0 Å². The van der Waals surface area contributed by atoms with Crippen LogP contribution in [-0.4, -0.2) is 9.97 Å². The molecule has 0 fully saturated rings. The molecular weight excluding hydrogens is 629 g/mol. The topological polar surface area (TPSA) is 38.9 Å². The maximum Gasteiger partial charge on any atom is 0.160 e. The van der Waals surface area contributed by atoms with Crippen molar-refractivity contribution in [3.05, 3.63) is 170 Å². The molecule has 0 amide bonds. The number of hydrogen-bond acceptors (Lipinski definition) is 4. The minimum atomic E-state index is 0.682. The van der Waals surface area contributed by atoms with Gasteiger partial charge in [0.2, 0.25) is 0 Å². The molecule has 3 nitrogen and oxygen atoms in total. The molecule has 7 aromatic carbocycles. The van der Waals surface area contributed by atoms with Crippen LogP contribution in [0.1, 0.15) is 0 Å². The second kappa shape index (κ2) is 11.7. The van der Waals surface area contributed by atoms with Gasteiger partial charge in [-0.1, -0.05) is 146 Å². The minimum absolute atomic E-state index is 0.682. The van der Waals surface area contributed by atoms with Gasteiger partial charge in [0.25, 0.3) is 0 Å². The zero-order valence-corrected chi connectivity index (χ0v) is 27.7. The molecule has 0 aliphatic rings. The maximum atomic E-state index is 6.77. The molecule has 0 radical (unpaired) electrons. The van der Waals surface area contributed by atoms with Gasteiger partial charge in [-0.15, -0.1) is 11.3 Å². The average Bonchev–Trinajstić information content (AvgIpc) is 3.78. The molecule has 10 rings (SSSR count). The van der Waals surface area contributed by atoms with Crippen molar-refractivity contribution in [2.45, 2.75) is 0 Å². The van der Waals surface area contributed by atoms with Gasteiger partial charge < -0.3 is 4.42 Å². The number of nitrogens with zero attached hydrogens (tertiary/aromatic N) is 2. The molecule has 10 aromatic rings. The lowest BCUT2D eigenvalue weighted by molar-refractivity contribution is 0.670. The third kappa shape index (κ3) is 4.73. The molecule has 4 heteroatoms. The van der Waals surface area contributed by atoms with Crippen molar-refractivity contribution in [2.75, 3.05) is 0 Å². The van der Waals surface area contributed by atoms with Crippen LogP contribution in [0.4, 0.5) is 0 Å². The number of hydrogen-bond donors (Lipinski definition) is 0. The molecule has 0 unspecified atom stereocenters. The summed E-state index contributed by atoms with van der Waals surface area (Å²) in [5, 5.41) is 4.67. The molecule has 0 bridgehead atoms. The van der Waals surface area contributed by atoms with Crippen molar-refractivity contribution in [3.63, 3.8) is 0 Å². The molecule has 0 N–H and O–H groups in total. The van der Waals surface area contributed by atoms with Gasteiger partial charge in [0, 0.05) is 58.8 Å². The van der Waals surface area contributed by atoms with Crippen LogP contribution < -0.4 is 0 Å². The minimum Gasteiger partial charge on any atom is -0.455 e. The first-order chi connectivity index (χ1) is 24.8. The summed E-state index contributed by atoms with van der Waals surface area (Å²) in [4.78, 5) is 10.4. The lowest BCUT2D eigenvalue weighted by atomic mass is 9.95. The summed E-state index contributed by atoms with van der Waals surface area (Å²) in [6.07, 6.45) is 0. The first-order valence-electron chi connectivity index (χ1n) is 16.7. The first kappa shape index (κ1) is 28.6. The standard InChI is InChI=1S/C46H28N2OS/c1-3-12-29(13-4-1)30-22-24-32(25-23-30)46-47-39(31-14-5-2-6-15-31)28-40(48-46)37-27-26-34(44-43(37)38-17-7-9-20-41(38)49-44)36-19-11-18-35-33-16-8-10-21-42(33)50-45(35)36/h1-28H. The van der Waals surface area contributed by atoms with Crippen LogP contribution in [-0.2, 0) is 0 Å². The van der Waals surface area contributed by atoms with Crippen LogP contribution >= 0.6 is 11.3 Å². The highest BCUT2D eigenvalue weighted by Gasteiger charge is 2.21. The number of thiophene rings is 1. The quantitative estimate of drug-likeness (QED) is 0.185. The van der Waals surface area contributed by atoms with Gasteiger partial charge in [-0.05, 0) is 35.4 Å². The highest BCUT2D eigenvalue weighted by molar-refractivity contribution is 7.26. The smallest absolute Gasteiger partial charge is 0.160 e. The zero-order valence-electron chi connectivity index (χ0n) is 26.9. The molecule has 0 spiro atoms. The summed E-state index contributed by atoms with van der Waals surface area (Å²) in [5.74, 6) is 0.682. The van der Waals surface area contributed by atoms with E-state index >= 15 is 0 Å². The maximum absolute atomic E-state index is 6.77. The monoisotopic (exact) mass is 656 g/mol. The van der Waals surface area contributed by atoms with Crippen molar-refractivity contribution < 1.29 is 4.42 Å². The number of benzene rings is 7. The summed E-state index contributed by atoms with van der Waals surface area (Å²) in [6.45, 7) is 0. The van der Waals surface area contributed by atoms with Crippen molar-refractivity contribution in [1.82, 2.24) is 9.97 Å². The Morgan fingerprint density at radius 3 is 1.86 bits per heavy atom. The van der Waals surface area contributed by atoms with E-state index in [2.05, 4.69) is 152 Å². The Morgan fingerprint density at radius 1 is 0.420 bits per heavy atom. The lowest BCUT2D eigenvalue weighted by Gasteiger charge is -2.12. The van der Waals surface area contributed by atoms with E-state index in [1.54, 1.807) is 0 Å². The van der Waals surface area contributed by atoms with E-state index in [0.29, 0.717) is 5.82 Å². The van der Waals surface area contributed by atoms with Gasteiger partial charge in [-0.25, -0.2) is 9.97 Å². The van der Waals surface area contributed by atoms with E-state index in [9.17, 15) is 0 Å². The van der Waals surface area contributed by atoms with Crippen LogP contribution in [0.25, 0.3) is 98.3 Å². The van der Waals surface area contributed by atoms with Crippen LogP contribution in [0.15, 0.2) is 174 Å². The summed E-state index contributed by atoms with van der Waals surface area (Å²) in [7, 11) is 0. The van der Waals surface area contributed by atoms with Gasteiger partial charge in [-0.3, -0.25) is 0 Å². The van der Waals surface area contributed by atoms with E-state index < -0.39 is 0 Å². The van der Waals surface area contributed by atoms with E-state index in [1.807, 2.05) is 29.5 Å². The Labute approximate surface area is 292 Å². The highest BCUT2D eigenvalue weighted by atomic mass is 32.1. The Kier molecular flexibility index (Phi) is 6.68. The van der Waals surface area contributed by atoms with Gasteiger partial charge in [0.05, 0.1) is 11.4 Å². The molecule has 0 aliphatic carbocycles. The van der Waals surface area contributed by atoms with E-state index in [1.165, 1.54) is 31.3 Å². The van der Waals surface area contributed by atoms with Crippen molar-refractivity contribution in [3.8, 4) is 56.2 Å². The second-order valence-electron chi connectivity index (χ2n) is 12.5. The zero-order chi connectivity index (χ0) is 33.0. The number of furan rings is 1. The predicted octanol–water partition coefficient (Wildman–Crippen LogP) is 13.1. The molecule has 3 heterocycles. The molecule has 0 atom stereocenters. The largest absolute Gasteiger partial charge is 0.455 e. The third-order valence-electron chi connectivity index (χ3n) is 9.54.